The number of fused-ring (bicyclic) bond motifs is 1. The summed E-state index contributed by atoms with van der Waals surface area (Å²) in [6.45, 7) is 4.34. The Morgan fingerprint density at radius 1 is 1.64 bits per heavy atom. The van der Waals surface area contributed by atoms with Gasteiger partial charge >= 0.3 is 0 Å². The average Bonchev–Trinajstić information content (AvgIpc) is 2.29. The van der Waals surface area contributed by atoms with Gasteiger partial charge in [-0.25, -0.2) is 0 Å². The monoisotopic (exact) mass is 155 g/mol. The summed E-state index contributed by atoms with van der Waals surface area (Å²) in [6.07, 6.45) is 2.94. The lowest BCUT2D eigenvalue weighted by molar-refractivity contribution is -0.750. The number of carbonyl (C=O) groups excluding carboxylic acids is 1. The summed E-state index contributed by atoms with van der Waals surface area (Å²) in [6, 6.07) is 0. The molecule has 1 atom stereocenters. The minimum atomic E-state index is 0.120. The highest BCUT2D eigenvalue weighted by atomic mass is 16.2. The summed E-state index contributed by atoms with van der Waals surface area (Å²) in [4.78, 5) is 13.4. The molecule has 3 heteroatoms. The first-order chi connectivity index (χ1) is 5.22. The Morgan fingerprint density at radius 2 is 2.45 bits per heavy atom. The second kappa shape index (κ2) is 2.21. The standard InChI is InChI=1S/C8H14N2O/c1-8-4-3-7(11)10(8)6-2-5-9-8/h9H,2-6H2,1H3/p+1/t8-/m1/s1. The topological polar surface area (TPSA) is 36.9 Å². The summed E-state index contributed by atoms with van der Waals surface area (Å²) in [5.41, 5.74) is 0.120. The lowest BCUT2D eigenvalue weighted by atomic mass is 10.1. The molecule has 0 spiro atoms. The number of nitrogens with zero attached hydrogens (tertiary/aromatic N) is 1. The lowest BCUT2D eigenvalue weighted by Gasteiger charge is -2.36. The van der Waals surface area contributed by atoms with Gasteiger partial charge in [-0.1, -0.05) is 0 Å². The van der Waals surface area contributed by atoms with Gasteiger partial charge in [-0.15, -0.1) is 0 Å². The van der Waals surface area contributed by atoms with Crippen LogP contribution < -0.4 is 5.32 Å². The van der Waals surface area contributed by atoms with Gasteiger partial charge in [-0.2, -0.15) is 0 Å². The van der Waals surface area contributed by atoms with E-state index in [1.807, 2.05) is 4.90 Å². The van der Waals surface area contributed by atoms with Crippen molar-refractivity contribution < 1.29 is 10.1 Å². The van der Waals surface area contributed by atoms with Gasteiger partial charge in [-0.3, -0.25) is 9.69 Å². The molecule has 0 radical (unpaired) electrons. The highest BCUT2D eigenvalue weighted by molar-refractivity contribution is 5.79. The summed E-state index contributed by atoms with van der Waals surface area (Å²) in [7, 11) is 0. The molecule has 0 aromatic heterocycles. The Morgan fingerprint density at radius 3 is 3.18 bits per heavy atom. The molecule has 62 valence electrons. The van der Waals surface area contributed by atoms with Crippen molar-refractivity contribution in [3.05, 3.63) is 0 Å². The van der Waals surface area contributed by atoms with Crippen LogP contribution in [0, 0.1) is 0 Å². The molecule has 2 saturated heterocycles. The Labute approximate surface area is 66.8 Å². The van der Waals surface area contributed by atoms with Crippen molar-refractivity contribution in [2.24, 2.45) is 0 Å². The predicted molar refractivity (Wildman–Crippen MR) is 40.8 cm³/mol. The molecule has 0 saturated carbocycles. The van der Waals surface area contributed by atoms with E-state index >= 15 is 0 Å². The third kappa shape index (κ3) is 0.948. The molecule has 2 aliphatic rings. The van der Waals surface area contributed by atoms with E-state index in [1.165, 1.54) is 6.54 Å². The number of nitrogens with two attached hydrogens (primary N) is 1. The number of carbonyl (C=O) groups is 1. The van der Waals surface area contributed by atoms with E-state index in [2.05, 4.69) is 12.2 Å². The maximum absolute atomic E-state index is 11.3. The van der Waals surface area contributed by atoms with Gasteiger partial charge in [0.05, 0.1) is 6.54 Å². The third-order valence-electron chi connectivity index (χ3n) is 2.93. The van der Waals surface area contributed by atoms with E-state index < -0.39 is 0 Å². The van der Waals surface area contributed by atoms with Crippen molar-refractivity contribution >= 4 is 5.91 Å². The van der Waals surface area contributed by atoms with Crippen LogP contribution in [0.3, 0.4) is 0 Å². The minimum Gasteiger partial charge on any atom is -0.324 e. The van der Waals surface area contributed by atoms with Gasteiger partial charge in [0.2, 0.25) is 5.91 Å². The molecule has 2 fully saturated rings. The molecule has 0 unspecified atom stereocenters. The van der Waals surface area contributed by atoms with Gasteiger partial charge in [0.1, 0.15) is 0 Å². The fraction of sp³-hybridized carbons (Fsp3) is 0.875. The molecule has 2 aliphatic heterocycles. The van der Waals surface area contributed by atoms with Crippen molar-refractivity contribution in [1.82, 2.24) is 4.90 Å². The van der Waals surface area contributed by atoms with Crippen molar-refractivity contribution in [1.29, 1.82) is 0 Å². The maximum Gasteiger partial charge on any atom is 0.227 e. The summed E-state index contributed by atoms with van der Waals surface area (Å²) < 4.78 is 0. The van der Waals surface area contributed by atoms with Crippen LogP contribution in [0.5, 0.6) is 0 Å². The Balaban J connectivity index is 2.21. The summed E-state index contributed by atoms with van der Waals surface area (Å²) in [5, 5.41) is 2.31. The quantitative estimate of drug-likeness (QED) is 0.493. The first kappa shape index (κ1) is 7.10. The Kier molecular flexibility index (Phi) is 1.42. The summed E-state index contributed by atoms with van der Waals surface area (Å²) in [5.74, 6) is 0.350. The van der Waals surface area contributed by atoms with E-state index in [0.717, 1.165) is 25.8 Å². The van der Waals surface area contributed by atoms with Crippen LogP contribution in [0.1, 0.15) is 26.2 Å². The van der Waals surface area contributed by atoms with E-state index in [0.29, 0.717) is 5.91 Å². The molecular weight excluding hydrogens is 140 g/mol. The number of quaternary nitrogens is 1. The van der Waals surface area contributed by atoms with Gasteiger partial charge in [0.25, 0.3) is 0 Å². The van der Waals surface area contributed by atoms with E-state index in [1.54, 1.807) is 0 Å². The molecule has 2 heterocycles. The minimum absolute atomic E-state index is 0.120. The zero-order chi connectivity index (χ0) is 7.90. The van der Waals surface area contributed by atoms with Crippen molar-refractivity contribution in [3.8, 4) is 0 Å². The van der Waals surface area contributed by atoms with E-state index in [9.17, 15) is 4.79 Å². The largest absolute Gasteiger partial charge is 0.324 e. The first-order valence-electron chi connectivity index (χ1n) is 4.37. The number of hydrogen-bond acceptors (Lipinski definition) is 1. The van der Waals surface area contributed by atoms with Crippen LogP contribution in [0.25, 0.3) is 0 Å². The molecule has 0 aromatic carbocycles. The fourth-order valence-electron chi connectivity index (χ4n) is 2.17. The highest BCUT2D eigenvalue weighted by Crippen LogP contribution is 2.25. The van der Waals surface area contributed by atoms with Crippen molar-refractivity contribution in [3.63, 3.8) is 0 Å². The van der Waals surface area contributed by atoms with Crippen LogP contribution >= 0.6 is 0 Å². The molecule has 2 rings (SSSR count). The maximum atomic E-state index is 11.3. The van der Waals surface area contributed by atoms with E-state index in [-0.39, 0.29) is 5.66 Å². The second-order valence-electron chi connectivity index (χ2n) is 3.75. The Bertz CT molecular complexity index is 193. The lowest BCUT2D eigenvalue weighted by Crippen LogP contribution is -3.01. The number of rotatable bonds is 0. The molecular formula is C8H15N2O+. The average molecular weight is 155 g/mol. The molecule has 1 amide bonds. The van der Waals surface area contributed by atoms with Crippen LogP contribution in [0.15, 0.2) is 0 Å². The van der Waals surface area contributed by atoms with Crippen LogP contribution in [0.2, 0.25) is 0 Å². The third-order valence-corrected chi connectivity index (χ3v) is 2.93. The van der Waals surface area contributed by atoms with Gasteiger partial charge in [-0.05, 0) is 0 Å². The molecule has 0 aromatic rings. The fourth-order valence-corrected chi connectivity index (χ4v) is 2.17. The molecule has 3 nitrogen and oxygen atoms in total. The predicted octanol–water partition coefficient (Wildman–Crippen LogP) is -0.708. The van der Waals surface area contributed by atoms with Crippen LogP contribution in [0.4, 0.5) is 0 Å². The molecule has 2 N–H and O–H groups in total. The van der Waals surface area contributed by atoms with E-state index in [4.69, 9.17) is 0 Å². The van der Waals surface area contributed by atoms with Gasteiger partial charge < -0.3 is 5.32 Å². The zero-order valence-electron chi connectivity index (χ0n) is 6.97. The number of hydrogen-bond donors (Lipinski definition) is 1. The Hall–Kier alpha value is -0.570. The number of amides is 1. The molecule has 0 aliphatic carbocycles. The van der Waals surface area contributed by atoms with Crippen molar-refractivity contribution in [2.45, 2.75) is 31.8 Å². The molecule has 11 heavy (non-hydrogen) atoms. The highest BCUT2D eigenvalue weighted by Gasteiger charge is 2.46. The normalized spacial score (nSPS) is 37.5. The smallest absolute Gasteiger partial charge is 0.227 e. The van der Waals surface area contributed by atoms with Crippen LogP contribution in [-0.4, -0.2) is 29.6 Å². The first-order valence-corrected chi connectivity index (χ1v) is 4.37. The van der Waals surface area contributed by atoms with Crippen molar-refractivity contribution in [2.75, 3.05) is 13.1 Å². The second-order valence-corrected chi connectivity index (χ2v) is 3.75. The SMILES string of the molecule is C[C@]12CCC(=O)N1CCC[NH2+]2. The zero-order valence-corrected chi connectivity index (χ0v) is 6.97. The summed E-state index contributed by atoms with van der Waals surface area (Å²) >= 11 is 0. The van der Waals surface area contributed by atoms with Crippen LogP contribution in [-0.2, 0) is 4.79 Å². The van der Waals surface area contributed by atoms with Gasteiger partial charge in [0, 0.05) is 32.7 Å². The molecule has 0 bridgehead atoms. The van der Waals surface area contributed by atoms with Gasteiger partial charge in [0.15, 0.2) is 5.66 Å².